The molecule has 0 aliphatic rings. The Bertz CT molecular complexity index is 1510. The summed E-state index contributed by atoms with van der Waals surface area (Å²) in [6, 6.07) is 18.5. The van der Waals surface area contributed by atoms with E-state index in [1.165, 1.54) is 39.1 Å². The number of carbonyl (C=O) groups is 2. The van der Waals surface area contributed by atoms with E-state index in [9.17, 15) is 9.59 Å². The molecule has 0 atom stereocenters. The minimum Gasteiger partial charge on any atom is -0.493 e. The van der Waals surface area contributed by atoms with Crippen LogP contribution in [-0.4, -0.2) is 52.8 Å². The van der Waals surface area contributed by atoms with Gasteiger partial charge in [-0.15, -0.1) is 10.2 Å². The Balaban J connectivity index is 1.48. The molecule has 1 amide bonds. The number of hydrogen-bond acceptors (Lipinski definition) is 9. The maximum Gasteiger partial charge on any atom is 0.308 e. The summed E-state index contributed by atoms with van der Waals surface area (Å²) in [6.45, 7) is 3.30. The molecule has 0 aliphatic carbocycles. The van der Waals surface area contributed by atoms with E-state index in [4.69, 9.17) is 25.8 Å². The van der Waals surface area contributed by atoms with Gasteiger partial charge >= 0.3 is 5.97 Å². The summed E-state index contributed by atoms with van der Waals surface area (Å²) >= 11 is 7.32. The van der Waals surface area contributed by atoms with Crippen molar-refractivity contribution >= 4 is 41.5 Å². The largest absolute Gasteiger partial charge is 0.493 e. The summed E-state index contributed by atoms with van der Waals surface area (Å²) in [7, 11) is 2.88. The van der Waals surface area contributed by atoms with E-state index in [-0.39, 0.29) is 28.9 Å². The highest BCUT2D eigenvalue weighted by Gasteiger charge is 2.18. The number of rotatable bonds is 10. The predicted octanol–water partition coefficient (Wildman–Crippen LogP) is 5.08. The third kappa shape index (κ3) is 6.99. The third-order valence-corrected chi connectivity index (χ3v) is 6.67. The number of aryl methyl sites for hydroxylation is 1. The first kappa shape index (κ1) is 28.7. The number of esters is 1. The molecule has 40 heavy (non-hydrogen) atoms. The Morgan fingerprint density at radius 2 is 1.68 bits per heavy atom. The number of hydrazone groups is 1. The summed E-state index contributed by atoms with van der Waals surface area (Å²) in [4.78, 5) is 24.0. The second-order valence-electron chi connectivity index (χ2n) is 8.41. The van der Waals surface area contributed by atoms with Crippen molar-refractivity contribution in [1.29, 1.82) is 0 Å². The van der Waals surface area contributed by atoms with Crippen molar-refractivity contribution in [2.75, 3.05) is 20.0 Å². The molecule has 4 rings (SSSR count). The van der Waals surface area contributed by atoms with E-state index in [1.807, 2.05) is 47.9 Å². The fraction of sp³-hybridized carbons (Fsp3) is 0.179. The van der Waals surface area contributed by atoms with Crippen LogP contribution in [0.5, 0.6) is 17.2 Å². The van der Waals surface area contributed by atoms with E-state index in [0.717, 1.165) is 16.8 Å². The molecule has 0 aliphatic heterocycles. The average molecular weight is 580 g/mol. The number of methoxy groups -OCH3 is 2. The lowest BCUT2D eigenvalue weighted by molar-refractivity contribution is -0.132. The van der Waals surface area contributed by atoms with Gasteiger partial charge in [0.25, 0.3) is 5.91 Å². The van der Waals surface area contributed by atoms with Crippen LogP contribution >= 0.6 is 23.4 Å². The molecule has 0 saturated heterocycles. The Morgan fingerprint density at radius 1 is 1.02 bits per heavy atom. The standard InChI is InChI=1S/C28H26ClN5O5S/c1-17-5-7-20(8-6-17)27-32-33-28(34(27)22-11-9-21(29)10-12-22)40-16-25(36)31-30-15-19-13-23(37-3)26(39-18(2)35)24(14-19)38-4/h5-15H,16H2,1-4H3,(H,31,36)/b30-15-. The van der Waals surface area contributed by atoms with E-state index >= 15 is 0 Å². The maximum atomic E-state index is 12.6. The molecule has 10 nitrogen and oxygen atoms in total. The van der Waals surface area contributed by atoms with Gasteiger partial charge in [0, 0.05) is 28.8 Å². The number of ether oxygens (including phenoxy) is 3. The fourth-order valence-electron chi connectivity index (χ4n) is 3.64. The number of carbonyl (C=O) groups excluding carboxylic acids is 2. The highest BCUT2D eigenvalue weighted by molar-refractivity contribution is 7.99. The quantitative estimate of drug-likeness (QED) is 0.0908. The van der Waals surface area contributed by atoms with Crippen molar-refractivity contribution in [2.45, 2.75) is 19.0 Å². The summed E-state index contributed by atoms with van der Waals surface area (Å²) in [5, 5.41) is 13.9. The normalized spacial score (nSPS) is 10.9. The van der Waals surface area contributed by atoms with Crippen molar-refractivity contribution in [3.05, 3.63) is 76.8 Å². The fourth-order valence-corrected chi connectivity index (χ4v) is 4.51. The van der Waals surface area contributed by atoms with Gasteiger partial charge in [-0.25, -0.2) is 5.43 Å². The van der Waals surface area contributed by atoms with Crippen LogP contribution in [0.2, 0.25) is 5.02 Å². The van der Waals surface area contributed by atoms with Gasteiger partial charge in [-0.1, -0.05) is 53.2 Å². The minimum absolute atomic E-state index is 0.0367. The second-order valence-corrected chi connectivity index (χ2v) is 9.79. The van der Waals surface area contributed by atoms with Crippen LogP contribution in [0.15, 0.2) is 70.9 Å². The molecule has 0 spiro atoms. The van der Waals surface area contributed by atoms with Gasteiger partial charge in [-0.3, -0.25) is 14.2 Å². The molecule has 4 aromatic rings. The number of nitrogens with zero attached hydrogens (tertiary/aromatic N) is 4. The lowest BCUT2D eigenvalue weighted by Gasteiger charge is -2.13. The number of benzene rings is 3. The van der Waals surface area contributed by atoms with Crippen molar-refractivity contribution < 1.29 is 23.8 Å². The van der Waals surface area contributed by atoms with E-state index in [0.29, 0.717) is 21.6 Å². The summed E-state index contributed by atoms with van der Waals surface area (Å²) in [6.07, 6.45) is 1.43. The summed E-state index contributed by atoms with van der Waals surface area (Å²) in [5.74, 6) is 0.537. The number of thioether (sulfide) groups is 1. The van der Waals surface area contributed by atoms with Gasteiger partial charge in [-0.2, -0.15) is 5.10 Å². The predicted molar refractivity (Wildman–Crippen MR) is 154 cm³/mol. The molecular weight excluding hydrogens is 554 g/mol. The van der Waals surface area contributed by atoms with Crippen LogP contribution in [0.1, 0.15) is 18.1 Å². The van der Waals surface area contributed by atoms with Gasteiger partial charge in [0.15, 0.2) is 22.5 Å². The van der Waals surface area contributed by atoms with Crippen LogP contribution in [0.4, 0.5) is 0 Å². The Morgan fingerprint density at radius 3 is 2.27 bits per heavy atom. The van der Waals surface area contributed by atoms with E-state index < -0.39 is 5.97 Å². The third-order valence-electron chi connectivity index (χ3n) is 5.49. The summed E-state index contributed by atoms with van der Waals surface area (Å²) < 4.78 is 17.7. The number of aromatic nitrogens is 3. The van der Waals surface area contributed by atoms with Gasteiger partial charge in [-0.05, 0) is 43.3 Å². The zero-order valence-electron chi connectivity index (χ0n) is 22.2. The Hall–Kier alpha value is -4.35. The molecule has 0 saturated carbocycles. The van der Waals surface area contributed by atoms with Crippen LogP contribution in [0.25, 0.3) is 17.1 Å². The molecule has 1 N–H and O–H groups in total. The molecule has 12 heteroatoms. The van der Waals surface area contributed by atoms with Crippen molar-refractivity contribution in [2.24, 2.45) is 5.10 Å². The first-order chi connectivity index (χ1) is 19.3. The topological polar surface area (TPSA) is 117 Å². The Kier molecular flexibility index (Phi) is 9.41. The van der Waals surface area contributed by atoms with Gasteiger partial charge in [0.2, 0.25) is 5.75 Å². The monoisotopic (exact) mass is 579 g/mol. The SMILES string of the molecule is COc1cc(/C=N\NC(=O)CSc2nnc(-c3ccc(C)cc3)n2-c2ccc(Cl)cc2)cc(OC)c1OC(C)=O. The summed E-state index contributed by atoms with van der Waals surface area (Å²) in [5.41, 5.74) is 5.89. The number of nitrogens with one attached hydrogen (secondary N) is 1. The highest BCUT2D eigenvalue weighted by atomic mass is 35.5. The molecule has 0 unspecified atom stereocenters. The van der Waals surface area contributed by atoms with Gasteiger partial charge < -0.3 is 14.2 Å². The average Bonchev–Trinajstić information content (AvgIpc) is 3.36. The second kappa shape index (κ2) is 13.1. The van der Waals surface area contributed by atoms with Crippen molar-refractivity contribution in [1.82, 2.24) is 20.2 Å². The molecule has 0 radical (unpaired) electrons. The first-order valence-electron chi connectivity index (χ1n) is 12.0. The zero-order valence-corrected chi connectivity index (χ0v) is 23.7. The van der Waals surface area contributed by atoms with Crippen LogP contribution in [0, 0.1) is 6.92 Å². The molecule has 3 aromatic carbocycles. The maximum absolute atomic E-state index is 12.6. The molecule has 1 aromatic heterocycles. The van der Waals surface area contributed by atoms with E-state index in [2.05, 4.69) is 20.7 Å². The zero-order chi connectivity index (χ0) is 28.6. The minimum atomic E-state index is -0.513. The lowest BCUT2D eigenvalue weighted by Crippen LogP contribution is -2.20. The van der Waals surface area contributed by atoms with Crippen molar-refractivity contribution in [3.8, 4) is 34.3 Å². The molecule has 0 bridgehead atoms. The number of halogens is 1. The molecule has 206 valence electrons. The smallest absolute Gasteiger partial charge is 0.308 e. The number of amides is 1. The molecule has 1 heterocycles. The highest BCUT2D eigenvalue weighted by Crippen LogP contribution is 2.38. The first-order valence-corrected chi connectivity index (χ1v) is 13.3. The molecular formula is C28H26ClN5O5S. The van der Waals surface area contributed by atoms with Gasteiger partial charge in [0.1, 0.15) is 0 Å². The van der Waals surface area contributed by atoms with Crippen LogP contribution in [0.3, 0.4) is 0 Å². The molecule has 0 fully saturated rings. The van der Waals surface area contributed by atoms with Crippen LogP contribution in [-0.2, 0) is 9.59 Å². The number of hydrogen-bond donors (Lipinski definition) is 1. The van der Waals surface area contributed by atoms with E-state index in [1.54, 1.807) is 24.3 Å². The Labute approximate surface area is 240 Å². The van der Waals surface area contributed by atoms with Gasteiger partial charge in [0.05, 0.1) is 26.2 Å². The van der Waals surface area contributed by atoms with Crippen LogP contribution < -0.4 is 19.6 Å². The van der Waals surface area contributed by atoms with Crippen molar-refractivity contribution in [3.63, 3.8) is 0 Å². The lowest BCUT2D eigenvalue weighted by atomic mass is 10.1.